The van der Waals surface area contributed by atoms with E-state index in [1.807, 2.05) is 25.1 Å². The van der Waals surface area contributed by atoms with Crippen molar-refractivity contribution >= 4 is 34.7 Å². The zero-order valence-corrected chi connectivity index (χ0v) is 21.9. The molecular weight excluding hydrogens is 489 g/mol. The van der Waals surface area contributed by atoms with E-state index in [9.17, 15) is 22.8 Å². The molecule has 0 aromatic heterocycles. The largest absolute Gasteiger partial charge is 0.573 e. The summed E-state index contributed by atoms with van der Waals surface area (Å²) in [5.41, 5.74) is 4.13. The smallest absolute Gasteiger partial charge is 0.405 e. The average Bonchev–Trinajstić information content (AvgIpc) is 3.06. The molecule has 0 spiro atoms. The van der Waals surface area contributed by atoms with Gasteiger partial charge in [-0.3, -0.25) is 14.9 Å². The van der Waals surface area contributed by atoms with E-state index in [4.69, 9.17) is 0 Å². The number of imide groups is 1. The van der Waals surface area contributed by atoms with Crippen molar-refractivity contribution in [1.82, 2.24) is 5.32 Å². The number of amides is 2. The number of benzene rings is 2. The van der Waals surface area contributed by atoms with E-state index in [0.29, 0.717) is 28.5 Å². The number of halogens is 3. The number of ether oxygens (including phenoxy) is 1. The van der Waals surface area contributed by atoms with Gasteiger partial charge in [-0.1, -0.05) is 33.8 Å². The van der Waals surface area contributed by atoms with Gasteiger partial charge in [-0.2, -0.15) is 0 Å². The lowest BCUT2D eigenvalue weighted by atomic mass is 9.62. The minimum atomic E-state index is -4.91. The van der Waals surface area contributed by atoms with Gasteiger partial charge in [0.2, 0.25) is 0 Å². The SMILES string of the molecule is CN(C)c1cc2c(cc1-c1ccc(/C=C3\SC(=O)NC3=O)cc1OC(F)(F)F)C(C)(C)CCC2(C)C. The molecule has 1 aliphatic carbocycles. The Hall–Kier alpha value is -2.94. The number of nitrogens with one attached hydrogen (secondary N) is 1. The van der Waals surface area contributed by atoms with Crippen molar-refractivity contribution in [3.05, 3.63) is 51.9 Å². The van der Waals surface area contributed by atoms with Gasteiger partial charge >= 0.3 is 6.36 Å². The van der Waals surface area contributed by atoms with Gasteiger partial charge in [0.1, 0.15) is 5.75 Å². The van der Waals surface area contributed by atoms with E-state index in [2.05, 4.69) is 43.8 Å². The fourth-order valence-corrected chi connectivity index (χ4v) is 5.50. The molecule has 1 saturated heterocycles. The molecule has 0 radical (unpaired) electrons. The minimum absolute atomic E-state index is 0.0631. The van der Waals surface area contributed by atoms with Crippen molar-refractivity contribution in [3.8, 4) is 16.9 Å². The van der Waals surface area contributed by atoms with Crippen molar-refractivity contribution in [2.75, 3.05) is 19.0 Å². The summed E-state index contributed by atoms with van der Waals surface area (Å²) in [6, 6.07) is 8.53. The number of hydrogen-bond donors (Lipinski definition) is 1. The number of carbonyl (C=O) groups excluding carboxylic acids is 2. The maximum absolute atomic E-state index is 13.5. The number of rotatable bonds is 4. The summed E-state index contributed by atoms with van der Waals surface area (Å²) in [5.74, 6) is -0.954. The van der Waals surface area contributed by atoms with Gasteiger partial charge in [0.05, 0.1) is 4.91 Å². The third-order valence-corrected chi connectivity index (χ3v) is 7.72. The van der Waals surface area contributed by atoms with Crippen LogP contribution in [0.3, 0.4) is 0 Å². The molecule has 2 aliphatic rings. The Morgan fingerprint density at radius 2 is 1.58 bits per heavy atom. The molecule has 0 bridgehead atoms. The third-order valence-electron chi connectivity index (χ3n) is 6.91. The molecule has 1 heterocycles. The molecular formula is C27H29F3N2O3S. The second-order valence-corrected chi connectivity index (χ2v) is 11.7. The van der Waals surface area contributed by atoms with Gasteiger partial charge in [0, 0.05) is 30.9 Å². The Morgan fingerprint density at radius 3 is 2.11 bits per heavy atom. The fraction of sp³-hybridized carbons (Fsp3) is 0.407. The average molecular weight is 519 g/mol. The van der Waals surface area contributed by atoms with E-state index >= 15 is 0 Å². The van der Waals surface area contributed by atoms with E-state index < -0.39 is 17.5 Å². The summed E-state index contributed by atoms with van der Waals surface area (Å²) in [5, 5.41) is 1.62. The van der Waals surface area contributed by atoms with Crippen LogP contribution in [0.5, 0.6) is 5.75 Å². The van der Waals surface area contributed by atoms with Gasteiger partial charge in [-0.15, -0.1) is 13.2 Å². The third kappa shape index (κ3) is 5.12. The summed E-state index contributed by atoms with van der Waals surface area (Å²) < 4.78 is 44.9. The first kappa shape index (κ1) is 26.1. The van der Waals surface area contributed by atoms with Crippen molar-refractivity contribution in [3.63, 3.8) is 0 Å². The Labute approximate surface area is 213 Å². The number of fused-ring (bicyclic) bond motifs is 1. The van der Waals surface area contributed by atoms with Crippen LogP contribution in [-0.2, 0) is 15.6 Å². The zero-order valence-electron chi connectivity index (χ0n) is 21.1. The van der Waals surface area contributed by atoms with Gasteiger partial charge in [0.15, 0.2) is 0 Å². The number of anilines is 1. The quantitative estimate of drug-likeness (QED) is 0.442. The van der Waals surface area contributed by atoms with Gasteiger partial charge < -0.3 is 9.64 Å². The normalized spacial score (nSPS) is 19.8. The maximum Gasteiger partial charge on any atom is 0.573 e. The number of carbonyl (C=O) groups is 2. The minimum Gasteiger partial charge on any atom is -0.405 e. The highest BCUT2D eigenvalue weighted by atomic mass is 32.2. The first-order valence-electron chi connectivity index (χ1n) is 11.6. The van der Waals surface area contributed by atoms with E-state index in [-0.39, 0.29) is 21.5 Å². The first-order valence-corrected chi connectivity index (χ1v) is 12.4. The van der Waals surface area contributed by atoms with Crippen LogP contribution in [0.15, 0.2) is 35.2 Å². The van der Waals surface area contributed by atoms with Crippen LogP contribution in [0.25, 0.3) is 17.2 Å². The highest BCUT2D eigenvalue weighted by molar-refractivity contribution is 8.18. The molecule has 192 valence electrons. The summed E-state index contributed by atoms with van der Waals surface area (Å²) >= 11 is 0.701. The molecule has 0 saturated carbocycles. The van der Waals surface area contributed by atoms with Crippen molar-refractivity contribution in [1.29, 1.82) is 0 Å². The van der Waals surface area contributed by atoms with Crippen LogP contribution >= 0.6 is 11.8 Å². The summed E-state index contributed by atoms with van der Waals surface area (Å²) in [4.78, 5) is 25.4. The lowest BCUT2D eigenvalue weighted by molar-refractivity contribution is -0.274. The number of hydrogen-bond acceptors (Lipinski definition) is 5. The Kier molecular flexibility index (Phi) is 6.44. The van der Waals surface area contributed by atoms with Crippen LogP contribution in [0, 0.1) is 0 Å². The van der Waals surface area contributed by atoms with Crippen LogP contribution < -0.4 is 15.0 Å². The summed E-state index contributed by atoms with van der Waals surface area (Å²) in [7, 11) is 3.73. The molecule has 5 nitrogen and oxygen atoms in total. The monoisotopic (exact) mass is 518 g/mol. The first-order chi connectivity index (χ1) is 16.6. The fourth-order valence-electron chi connectivity index (χ4n) is 4.82. The molecule has 2 aromatic rings. The molecule has 1 N–H and O–H groups in total. The molecule has 0 unspecified atom stereocenters. The molecule has 9 heteroatoms. The highest BCUT2D eigenvalue weighted by Gasteiger charge is 2.39. The summed E-state index contributed by atoms with van der Waals surface area (Å²) in [6.45, 7) is 8.72. The lowest BCUT2D eigenvalue weighted by Gasteiger charge is -2.43. The molecule has 0 atom stereocenters. The Morgan fingerprint density at radius 1 is 0.972 bits per heavy atom. The van der Waals surface area contributed by atoms with E-state index in [0.717, 1.165) is 24.1 Å². The van der Waals surface area contributed by atoms with Crippen LogP contribution in [0.2, 0.25) is 0 Å². The van der Waals surface area contributed by atoms with Crippen LogP contribution in [0.4, 0.5) is 23.7 Å². The molecule has 1 fully saturated rings. The number of alkyl halides is 3. The molecule has 2 aromatic carbocycles. The van der Waals surface area contributed by atoms with E-state index in [1.54, 1.807) is 12.1 Å². The highest BCUT2D eigenvalue weighted by Crippen LogP contribution is 2.50. The predicted octanol–water partition coefficient (Wildman–Crippen LogP) is 6.99. The van der Waals surface area contributed by atoms with Crippen molar-refractivity contribution in [2.45, 2.75) is 57.7 Å². The molecule has 4 rings (SSSR count). The van der Waals surface area contributed by atoms with Crippen molar-refractivity contribution in [2.24, 2.45) is 0 Å². The van der Waals surface area contributed by atoms with Gasteiger partial charge in [0.25, 0.3) is 11.1 Å². The Bertz CT molecular complexity index is 1280. The van der Waals surface area contributed by atoms with E-state index in [1.165, 1.54) is 17.7 Å². The lowest BCUT2D eigenvalue weighted by Crippen LogP contribution is -2.34. The second kappa shape index (κ2) is 8.87. The number of thioether (sulfide) groups is 1. The standard InChI is InChI=1S/C27H29F3N2O3S/c1-25(2)9-10-26(3,4)19-14-20(32(5)6)17(13-18(19)25)16-8-7-15(11-21(16)35-27(28,29)30)12-22-23(33)31-24(34)36-22/h7-8,11-14H,9-10H2,1-6H3,(H,31,33,34)/b22-12-. The van der Waals surface area contributed by atoms with Crippen LogP contribution in [0.1, 0.15) is 57.2 Å². The Balaban J connectivity index is 1.93. The topological polar surface area (TPSA) is 58.6 Å². The van der Waals surface area contributed by atoms with Gasteiger partial charge in [-0.05, 0) is 82.5 Å². The number of nitrogens with zero attached hydrogens (tertiary/aromatic N) is 1. The van der Waals surface area contributed by atoms with Gasteiger partial charge in [-0.25, -0.2) is 0 Å². The predicted molar refractivity (Wildman–Crippen MR) is 137 cm³/mol. The molecule has 1 aliphatic heterocycles. The molecule has 36 heavy (non-hydrogen) atoms. The zero-order chi connectivity index (χ0) is 26.6. The summed E-state index contributed by atoms with van der Waals surface area (Å²) in [6.07, 6.45) is -1.56. The van der Waals surface area contributed by atoms with Crippen molar-refractivity contribution < 1.29 is 27.5 Å². The maximum atomic E-state index is 13.5. The molecule has 2 amide bonds. The second-order valence-electron chi connectivity index (χ2n) is 10.7. The van der Waals surface area contributed by atoms with Crippen LogP contribution in [-0.4, -0.2) is 31.6 Å².